The van der Waals surface area contributed by atoms with Gasteiger partial charge in [-0.05, 0) is 35.9 Å². The molecule has 0 radical (unpaired) electrons. The molecule has 0 saturated heterocycles. The van der Waals surface area contributed by atoms with Gasteiger partial charge in [0.15, 0.2) is 0 Å². The number of allylic oxidation sites excluding steroid dienone is 1. The van der Waals surface area contributed by atoms with Crippen molar-refractivity contribution in [3.8, 4) is 0 Å². The van der Waals surface area contributed by atoms with Crippen LogP contribution in [0.1, 0.15) is 33.0 Å². The maximum Gasteiger partial charge on any atom is 0.417 e. The normalized spacial score (nSPS) is 13.7. The molecule has 0 saturated carbocycles. The lowest BCUT2D eigenvalue weighted by Crippen LogP contribution is -2.13. The molecule has 2 nitrogen and oxygen atoms in total. The van der Waals surface area contributed by atoms with Gasteiger partial charge >= 0.3 is 12.1 Å². The molecule has 0 spiro atoms. The first-order valence-corrected chi connectivity index (χ1v) is 8.71. The summed E-state index contributed by atoms with van der Waals surface area (Å²) in [5, 5.41) is 8.42. The highest BCUT2D eigenvalue weighted by Gasteiger charge is 2.36. The van der Waals surface area contributed by atoms with E-state index in [0.717, 1.165) is 18.2 Å². The summed E-state index contributed by atoms with van der Waals surface area (Å²) in [6.45, 7) is 0. The number of halogens is 9. The molecule has 0 aliphatic carbocycles. The van der Waals surface area contributed by atoms with Gasteiger partial charge in [-0.1, -0.05) is 40.9 Å². The van der Waals surface area contributed by atoms with Crippen molar-refractivity contribution in [2.45, 2.75) is 18.5 Å². The molecule has 0 aromatic heterocycles. The second-order valence-electron chi connectivity index (χ2n) is 5.74. The van der Waals surface area contributed by atoms with Crippen molar-refractivity contribution >= 4 is 46.6 Å². The van der Waals surface area contributed by atoms with Gasteiger partial charge in [0.05, 0.1) is 32.1 Å². The van der Waals surface area contributed by atoms with E-state index in [9.17, 15) is 31.1 Å². The van der Waals surface area contributed by atoms with Gasteiger partial charge in [0, 0.05) is 5.56 Å². The van der Waals surface area contributed by atoms with Crippen LogP contribution in [0.3, 0.4) is 0 Å². The SMILES string of the molecule is O=C(O)c1ccc(/C(F)=C/C(c2cc(Cl)c(Cl)c(Cl)c2)C(F)F)cc1C(F)(F)F. The maximum atomic E-state index is 14.5. The Kier molecular flexibility index (Phi) is 7.14. The molecule has 0 bridgehead atoms. The van der Waals surface area contributed by atoms with E-state index >= 15 is 0 Å². The first-order valence-electron chi connectivity index (χ1n) is 7.57. The van der Waals surface area contributed by atoms with E-state index in [4.69, 9.17) is 39.9 Å². The molecule has 11 heteroatoms. The summed E-state index contributed by atoms with van der Waals surface area (Å²) in [5.74, 6) is -5.19. The number of rotatable bonds is 5. The van der Waals surface area contributed by atoms with E-state index in [2.05, 4.69) is 0 Å². The third kappa shape index (κ3) is 5.38. The zero-order valence-corrected chi connectivity index (χ0v) is 16.1. The highest BCUT2D eigenvalue weighted by atomic mass is 35.5. The number of hydrogen-bond donors (Lipinski definition) is 1. The third-order valence-electron chi connectivity index (χ3n) is 3.82. The first kappa shape index (κ1) is 23.4. The summed E-state index contributed by atoms with van der Waals surface area (Å²) in [4.78, 5) is 10.9. The maximum absolute atomic E-state index is 14.5. The quantitative estimate of drug-likeness (QED) is 0.353. The summed E-state index contributed by atoms with van der Waals surface area (Å²) in [5.41, 5.74) is -3.65. The molecule has 2 aromatic rings. The van der Waals surface area contributed by atoms with Gasteiger partial charge in [0.25, 0.3) is 0 Å². The number of carboxylic acids is 1. The van der Waals surface area contributed by atoms with Crippen LogP contribution in [-0.2, 0) is 6.18 Å². The minimum absolute atomic E-state index is 0.103. The lowest BCUT2D eigenvalue weighted by molar-refractivity contribution is -0.138. The Hall–Kier alpha value is -1.90. The largest absolute Gasteiger partial charge is 0.478 e. The van der Waals surface area contributed by atoms with Crippen LogP contribution in [0.4, 0.5) is 26.3 Å². The van der Waals surface area contributed by atoms with Crippen LogP contribution in [-0.4, -0.2) is 17.5 Å². The molecule has 29 heavy (non-hydrogen) atoms. The van der Waals surface area contributed by atoms with Crippen LogP contribution in [0.25, 0.3) is 5.83 Å². The van der Waals surface area contributed by atoms with Gasteiger partial charge in [0.2, 0.25) is 6.43 Å². The van der Waals surface area contributed by atoms with Gasteiger partial charge in [-0.25, -0.2) is 18.0 Å². The first-order chi connectivity index (χ1) is 13.3. The second kappa shape index (κ2) is 8.85. The Morgan fingerprint density at radius 1 is 1.03 bits per heavy atom. The second-order valence-corrected chi connectivity index (χ2v) is 6.93. The van der Waals surface area contributed by atoms with Crippen LogP contribution in [0.2, 0.25) is 15.1 Å². The Bertz CT molecular complexity index is 950. The predicted molar refractivity (Wildman–Crippen MR) is 97.7 cm³/mol. The number of carbonyl (C=O) groups is 1. The van der Waals surface area contributed by atoms with Crippen molar-refractivity contribution in [3.63, 3.8) is 0 Å². The number of benzene rings is 2. The molecule has 1 unspecified atom stereocenters. The molecule has 0 amide bonds. The molecule has 0 fully saturated rings. The van der Waals surface area contributed by atoms with Crippen LogP contribution in [0.5, 0.6) is 0 Å². The minimum atomic E-state index is -5.09. The fraction of sp³-hybridized carbons (Fsp3) is 0.167. The Balaban J connectivity index is 2.56. The smallest absolute Gasteiger partial charge is 0.417 e. The van der Waals surface area contributed by atoms with Crippen LogP contribution < -0.4 is 0 Å². The molecule has 2 aromatic carbocycles. The molecule has 1 atom stereocenters. The Labute approximate surface area is 175 Å². The Morgan fingerprint density at radius 3 is 2.03 bits per heavy atom. The molecular weight excluding hydrogens is 469 g/mol. The molecular formula is C18H9Cl3F6O2. The number of carboxylic acid groups (broad SMARTS) is 1. The summed E-state index contributed by atoms with van der Waals surface area (Å²) >= 11 is 17.3. The lowest BCUT2D eigenvalue weighted by Gasteiger charge is -2.15. The average Bonchev–Trinajstić information content (AvgIpc) is 2.61. The van der Waals surface area contributed by atoms with Crippen LogP contribution in [0.15, 0.2) is 36.4 Å². The fourth-order valence-corrected chi connectivity index (χ4v) is 3.06. The van der Waals surface area contributed by atoms with Crippen molar-refractivity contribution in [1.29, 1.82) is 0 Å². The zero-order chi connectivity index (χ0) is 22.1. The molecule has 156 valence electrons. The monoisotopic (exact) mass is 476 g/mol. The van der Waals surface area contributed by atoms with Crippen molar-refractivity contribution in [2.75, 3.05) is 0 Å². The summed E-state index contributed by atoms with van der Waals surface area (Å²) < 4.78 is 80.7. The Morgan fingerprint density at radius 2 is 1.59 bits per heavy atom. The lowest BCUT2D eigenvalue weighted by atomic mass is 9.96. The minimum Gasteiger partial charge on any atom is -0.478 e. The molecule has 0 heterocycles. The van der Waals surface area contributed by atoms with Crippen molar-refractivity contribution < 1.29 is 36.2 Å². The highest BCUT2D eigenvalue weighted by Crippen LogP contribution is 2.38. The summed E-state index contributed by atoms with van der Waals surface area (Å²) in [7, 11) is 0. The van der Waals surface area contributed by atoms with Gasteiger partial charge < -0.3 is 5.11 Å². The molecule has 0 aliphatic heterocycles. The van der Waals surface area contributed by atoms with Crippen molar-refractivity contribution in [2.24, 2.45) is 0 Å². The zero-order valence-electron chi connectivity index (χ0n) is 13.9. The van der Waals surface area contributed by atoms with Crippen molar-refractivity contribution in [1.82, 2.24) is 0 Å². The third-order valence-corrected chi connectivity index (χ3v) is 5.02. The van der Waals surface area contributed by atoms with E-state index in [1.807, 2.05) is 0 Å². The molecule has 1 N–H and O–H groups in total. The number of hydrogen-bond acceptors (Lipinski definition) is 1. The highest BCUT2D eigenvalue weighted by molar-refractivity contribution is 6.48. The van der Waals surface area contributed by atoms with Crippen molar-refractivity contribution in [3.05, 3.63) is 73.7 Å². The number of aromatic carboxylic acids is 1. The summed E-state index contributed by atoms with van der Waals surface area (Å²) in [6.07, 6.45) is -7.85. The van der Waals surface area contributed by atoms with Gasteiger partial charge in [-0.15, -0.1) is 0 Å². The van der Waals surface area contributed by atoms with E-state index in [1.54, 1.807) is 0 Å². The van der Waals surface area contributed by atoms with Crippen LogP contribution >= 0.6 is 34.8 Å². The van der Waals surface area contributed by atoms with Gasteiger partial charge in [-0.3, -0.25) is 0 Å². The van der Waals surface area contributed by atoms with E-state index < -0.39 is 47.0 Å². The topological polar surface area (TPSA) is 37.3 Å². The predicted octanol–water partition coefficient (Wildman–Crippen LogP) is 7.72. The summed E-state index contributed by atoms with van der Waals surface area (Å²) in [6, 6.07) is 3.59. The van der Waals surface area contributed by atoms with Gasteiger partial charge in [0.1, 0.15) is 5.83 Å². The standard InChI is InChI=1S/C18H9Cl3F6O2/c19-12-4-8(5-13(20)15(12)21)10(16(23)24)6-14(22)7-1-2-9(17(28)29)11(3-7)18(25,26)27/h1-6,10,16H,(H,28,29)/b14-6-. The van der Waals surface area contributed by atoms with Gasteiger partial charge in [-0.2, -0.15) is 13.2 Å². The number of alkyl halides is 5. The van der Waals surface area contributed by atoms with E-state index in [0.29, 0.717) is 12.1 Å². The molecule has 0 aliphatic rings. The molecule has 2 rings (SSSR count). The fourth-order valence-electron chi connectivity index (χ4n) is 2.45. The average molecular weight is 478 g/mol. The van der Waals surface area contributed by atoms with E-state index in [1.165, 1.54) is 0 Å². The van der Waals surface area contributed by atoms with E-state index in [-0.39, 0.29) is 26.7 Å². The van der Waals surface area contributed by atoms with Crippen LogP contribution in [0, 0.1) is 0 Å².